The summed E-state index contributed by atoms with van der Waals surface area (Å²) in [5.74, 6) is 0.743. The third-order valence-corrected chi connectivity index (χ3v) is 4.15. The third-order valence-electron chi connectivity index (χ3n) is 3.90. The first-order valence-electron chi connectivity index (χ1n) is 7.39. The summed E-state index contributed by atoms with van der Waals surface area (Å²) in [6.45, 7) is 4.12. The average Bonchev–Trinajstić information content (AvgIpc) is 2.99. The van der Waals surface area contributed by atoms with Crippen LogP contribution in [0.1, 0.15) is 28.6 Å². The molecule has 0 spiro atoms. The van der Waals surface area contributed by atoms with Crippen molar-refractivity contribution in [2.45, 2.75) is 19.9 Å². The van der Waals surface area contributed by atoms with E-state index >= 15 is 0 Å². The van der Waals surface area contributed by atoms with E-state index < -0.39 is 0 Å². The highest BCUT2D eigenvalue weighted by molar-refractivity contribution is 6.30. The minimum absolute atomic E-state index is 0.124. The second-order valence-electron chi connectivity index (χ2n) is 5.46. The van der Waals surface area contributed by atoms with Gasteiger partial charge in [0, 0.05) is 5.02 Å². The van der Waals surface area contributed by atoms with Crippen LogP contribution in [-0.4, -0.2) is 27.3 Å². The maximum atomic E-state index is 5.99. The molecular formula is C17H18ClN5. The lowest BCUT2D eigenvalue weighted by atomic mass is 10.1. The first-order valence-corrected chi connectivity index (χ1v) is 7.77. The molecule has 5 nitrogen and oxygen atoms in total. The van der Waals surface area contributed by atoms with Gasteiger partial charge in [-0.25, -0.2) is 0 Å². The second-order valence-corrected chi connectivity index (χ2v) is 5.90. The molecule has 3 rings (SSSR count). The SMILES string of the molecule is CNC(c1ccc(Cl)cc1)c1nnnn1-c1c(C)cccc1C. The second kappa shape index (κ2) is 6.48. The predicted octanol–water partition coefficient (Wildman–Crippen LogP) is 3.24. The molecule has 0 saturated heterocycles. The van der Waals surface area contributed by atoms with Crippen LogP contribution in [0, 0.1) is 13.8 Å². The number of rotatable bonds is 4. The van der Waals surface area contributed by atoms with Crippen LogP contribution in [0.15, 0.2) is 42.5 Å². The average molecular weight is 328 g/mol. The molecule has 0 radical (unpaired) electrons. The Kier molecular flexibility index (Phi) is 4.41. The molecule has 1 unspecified atom stereocenters. The molecule has 0 saturated carbocycles. The molecule has 0 aliphatic rings. The molecule has 1 atom stereocenters. The smallest absolute Gasteiger partial charge is 0.178 e. The van der Waals surface area contributed by atoms with Crippen molar-refractivity contribution in [1.29, 1.82) is 0 Å². The number of aryl methyl sites for hydroxylation is 2. The van der Waals surface area contributed by atoms with E-state index in [-0.39, 0.29) is 6.04 Å². The molecule has 0 aliphatic carbocycles. The standard InChI is InChI=1S/C17H18ClN5/c1-11-5-4-6-12(2)16(11)23-17(20-21-22-23)15(19-3)13-7-9-14(18)10-8-13/h4-10,15,19H,1-3H3. The van der Waals surface area contributed by atoms with E-state index in [0.717, 1.165) is 28.2 Å². The highest BCUT2D eigenvalue weighted by Crippen LogP contribution is 2.25. The monoisotopic (exact) mass is 327 g/mol. The van der Waals surface area contributed by atoms with Crippen LogP contribution in [0.4, 0.5) is 0 Å². The number of nitrogens with zero attached hydrogens (tertiary/aromatic N) is 4. The van der Waals surface area contributed by atoms with Crippen LogP contribution in [0.25, 0.3) is 5.69 Å². The summed E-state index contributed by atoms with van der Waals surface area (Å²) in [6.07, 6.45) is 0. The molecule has 6 heteroatoms. The Morgan fingerprint density at radius 2 is 1.70 bits per heavy atom. The lowest BCUT2D eigenvalue weighted by molar-refractivity contribution is 0.619. The van der Waals surface area contributed by atoms with Gasteiger partial charge in [0.25, 0.3) is 0 Å². The number of aromatic nitrogens is 4. The van der Waals surface area contributed by atoms with E-state index in [1.807, 2.05) is 37.4 Å². The molecule has 3 aromatic rings. The maximum Gasteiger partial charge on any atom is 0.178 e. The molecule has 0 amide bonds. The number of hydrogen-bond donors (Lipinski definition) is 1. The summed E-state index contributed by atoms with van der Waals surface area (Å²) in [6, 6.07) is 13.7. The number of para-hydroxylation sites is 1. The van der Waals surface area contributed by atoms with Gasteiger partial charge in [0.15, 0.2) is 5.82 Å². The quantitative estimate of drug-likeness (QED) is 0.799. The van der Waals surface area contributed by atoms with Crippen molar-refractivity contribution in [3.63, 3.8) is 0 Å². The molecule has 23 heavy (non-hydrogen) atoms. The number of hydrogen-bond acceptors (Lipinski definition) is 4. The summed E-state index contributed by atoms with van der Waals surface area (Å²) in [5.41, 5.74) is 4.33. The van der Waals surface area contributed by atoms with E-state index in [4.69, 9.17) is 11.6 Å². The first kappa shape index (κ1) is 15.6. The minimum Gasteiger partial charge on any atom is -0.307 e. The summed E-state index contributed by atoms with van der Waals surface area (Å²) in [5, 5.41) is 16.3. The molecule has 2 aromatic carbocycles. The van der Waals surface area contributed by atoms with Crippen LogP contribution in [0.2, 0.25) is 5.02 Å². The normalized spacial score (nSPS) is 12.3. The fraction of sp³-hybridized carbons (Fsp3) is 0.235. The number of tetrazole rings is 1. The van der Waals surface area contributed by atoms with Crippen LogP contribution in [0.3, 0.4) is 0 Å². The van der Waals surface area contributed by atoms with E-state index in [1.54, 1.807) is 4.68 Å². The van der Waals surface area contributed by atoms with E-state index in [0.29, 0.717) is 5.02 Å². The Morgan fingerprint density at radius 3 is 2.30 bits per heavy atom. The van der Waals surface area contributed by atoms with Crippen LogP contribution in [0.5, 0.6) is 0 Å². The molecular weight excluding hydrogens is 310 g/mol. The molecule has 0 fully saturated rings. The largest absolute Gasteiger partial charge is 0.307 e. The number of benzene rings is 2. The number of nitrogens with one attached hydrogen (secondary N) is 1. The Hall–Kier alpha value is -2.24. The van der Waals surface area contributed by atoms with Crippen molar-refractivity contribution < 1.29 is 0 Å². The fourth-order valence-corrected chi connectivity index (χ4v) is 2.90. The van der Waals surface area contributed by atoms with Crippen LogP contribution >= 0.6 is 11.6 Å². The molecule has 0 bridgehead atoms. The fourth-order valence-electron chi connectivity index (χ4n) is 2.77. The van der Waals surface area contributed by atoms with Crippen molar-refractivity contribution in [1.82, 2.24) is 25.5 Å². The van der Waals surface area contributed by atoms with Crippen molar-refractivity contribution in [2.24, 2.45) is 0 Å². The van der Waals surface area contributed by atoms with Gasteiger partial charge < -0.3 is 5.32 Å². The lowest BCUT2D eigenvalue weighted by Gasteiger charge is -2.18. The van der Waals surface area contributed by atoms with Crippen molar-refractivity contribution in [3.05, 3.63) is 70.0 Å². The van der Waals surface area contributed by atoms with E-state index in [1.165, 1.54) is 0 Å². The topological polar surface area (TPSA) is 55.6 Å². The van der Waals surface area contributed by atoms with Gasteiger partial charge in [0.05, 0.1) is 11.7 Å². The Labute approximate surface area is 140 Å². The Morgan fingerprint density at radius 1 is 1.04 bits per heavy atom. The van der Waals surface area contributed by atoms with Crippen LogP contribution < -0.4 is 5.32 Å². The van der Waals surface area contributed by atoms with Crippen molar-refractivity contribution in [2.75, 3.05) is 7.05 Å². The summed E-state index contributed by atoms with van der Waals surface area (Å²) >= 11 is 5.99. The Bertz CT molecular complexity index is 790. The van der Waals surface area contributed by atoms with Gasteiger partial charge in [0.1, 0.15) is 0 Å². The molecule has 0 aliphatic heterocycles. The molecule has 1 aromatic heterocycles. The zero-order valence-corrected chi connectivity index (χ0v) is 14.0. The zero-order valence-electron chi connectivity index (χ0n) is 13.3. The minimum atomic E-state index is -0.124. The highest BCUT2D eigenvalue weighted by atomic mass is 35.5. The predicted molar refractivity (Wildman–Crippen MR) is 91.0 cm³/mol. The first-order chi connectivity index (χ1) is 11.1. The van der Waals surface area contributed by atoms with Gasteiger partial charge in [-0.15, -0.1) is 5.10 Å². The van der Waals surface area contributed by atoms with Gasteiger partial charge in [0.2, 0.25) is 0 Å². The van der Waals surface area contributed by atoms with Crippen molar-refractivity contribution in [3.8, 4) is 5.69 Å². The molecule has 1 N–H and O–H groups in total. The summed E-state index contributed by atoms with van der Waals surface area (Å²) < 4.78 is 1.81. The summed E-state index contributed by atoms with van der Waals surface area (Å²) in [7, 11) is 1.89. The van der Waals surface area contributed by atoms with Gasteiger partial charge in [-0.05, 0) is 60.1 Å². The van der Waals surface area contributed by atoms with Gasteiger partial charge in [-0.1, -0.05) is 41.9 Å². The highest BCUT2D eigenvalue weighted by Gasteiger charge is 2.22. The lowest BCUT2D eigenvalue weighted by Crippen LogP contribution is -2.22. The third kappa shape index (κ3) is 2.98. The molecule has 118 valence electrons. The maximum absolute atomic E-state index is 5.99. The van der Waals surface area contributed by atoms with Gasteiger partial charge in [-0.2, -0.15) is 4.68 Å². The molecule has 1 heterocycles. The van der Waals surface area contributed by atoms with Crippen molar-refractivity contribution >= 4 is 11.6 Å². The van der Waals surface area contributed by atoms with E-state index in [2.05, 4.69) is 46.8 Å². The van der Waals surface area contributed by atoms with Gasteiger partial charge in [-0.3, -0.25) is 0 Å². The van der Waals surface area contributed by atoms with Crippen LogP contribution in [-0.2, 0) is 0 Å². The number of halogens is 1. The van der Waals surface area contributed by atoms with E-state index in [9.17, 15) is 0 Å². The summed E-state index contributed by atoms with van der Waals surface area (Å²) in [4.78, 5) is 0. The Balaban J connectivity index is 2.11. The van der Waals surface area contributed by atoms with Gasteiger partial charge >= 0.3 is 0 Å². The zero-order chi connectivity index (χ0) is 16.4.